The molecule has 1 aliphatic heterocycles. The number of benzene rings is 2. The van der Waals surface area contributed by atoms with E-state index in [9.17, 15) is 19.7 Å². The number of carbonyl (C=O) groups is 2. The van der Waals surface area contributed by atoms with Crippen molar-refractivity contribution in [3.05, 3.63) is 73.8 Å². The van der Waals surface area contributed by atoms with E-state index in [2.05, 4.69) is 5.32 Å². The molecule has 0 spiro atoms. The summed E-state index contributed by atoms with van der Waals surface area (Å²) in [5, 5.41) is 14.2. The lowest BCUT2D eigenvalue weighted by Crippen LogP contribution is -2.54. The molecular formula is C17H9Cl2N3O4S. The van der Waals surface area contributed by atoms with Gasteiger partial charge in [-0.15, -0.1) is 0 Å². The number of hydrogen-bond donors (Lipinski definition) is 1. The van der Waals surface area contributed by atoms with Crippen LogP contribution in [-0.2, 0) is 9.59 Å². The molecule has 0 unspecified atom stereocenters. The van der Waals surface area contributed by atoms with Gasteiger partial charge in [-0.1, -0.05) is 23.2 Å². The highest BCUT2D eigenvalue weighted by molar-refractivity contribution is 7.80. The van der Waals surface area contributed by atoms with Gasteiger partial charge < -0.3 is 0 Å². The summed E-state index contributed by atoms with van der Waals surface area (Å²) in [4.78, 5) is 36.8. The lowest BCUT2D eigenvalue weighted by molar-refractivity contribution is -0.385. The standard InChI is InChI=1S/C17H9Cl2N3O4S/c18-10-1-4-12(5-2-10)21-16(24)13(15(23)20-17(21)27)8-9-7-11(19)3-6-14(9)22(25)26/h1-8H,(H,20,23,27). The van der Waals surface area contributed by atoms with Crippen LogP contribution >= 0.6 is 35.4 Å². The maximum absolute atomic E-state index is 12.9. The highest BCUT2D eigenvalue weighted by Crippen LogP contribution is 2.28. The van der Waals surface area contributed by atoms with Crippen LogP contribution in [-0.4, -0.2) is 21.9 Å². The molecule has 1 N–H and O–H groups in total. The normalized spacial score (nSPS) is 15.9. The first-order valence-corrected chi connectivity index (χ1v) is 8.55. The molecule has 1 heterocycles. The molecule has 3 rings (SSSR count). The van der Waals surface area contributed by atoms with E-state index >= 15 is 0 Å². The minimum absolute atomic E-state index is 0.0230. The number of rotatable bonds is 3. The van der Waals surface area contributed by atoms with E-state index in [-0.39, 0.29) is 27.0 Å². The topological polar surface area (TPSA) is 92.6 Å². The molecule has 0 atom stereocenters. The van der Waals surface area contributed by atoms with Crippen LogP contribution in [0.3, 0.4) is 0 Å². The predicted molar refractivity (Wildman–Crippen MR) is 106 cm³/mol. The second-order valence-electron chi connectivity index (χ2n) is 5.39. The van der Waals surface area contributed by atoms with Crippen molar-refractivity contribution in [3.8, 4) is 0 Å². The van der Waals surface area contributed by atoms with Crippen molar-refractivity contribution in [3.63, 3.8) is 0 Å². The molecule has 136 valence electrons. The SMILES string of the molecule is O=C1NC(=S)N(c2ccc(Cl)cc2)C(=O)C1=Cc1cc(Cl)ccc1[N+](=O)[O-]. The second kappa shape index (κ2) is 7.43. The molecule has 2 aromatic carbocycles. The van der Waals surface area contributed by atoms with Crippen LogP contribution < -0.4 is 10.2 Å². The Labute approximate surface area is 168 Å². The zero-order valence-electron chi connectivity index (χ0n) is 13.3. The molecule has 7 nitrogen and oxygen atoms in total. The van der Waals surface area contributed by atoms with Crippen molar-refractivity contribution < 1.29 is 14.5 Å². The van der Waals surface area contributed by atoms with Crippen LogP contribution in [0.4, 0.5) is 11.4 Å². The number of carbonyl (C=O) groups excluding carboxylic acids is 2. The highest BCUT2D eigenvalue weighted by Gasteiger charge is 2.35. The molecule has 1 aliphatic rings. The Bertz CT molecular complexity index is 1020. The maximum atomic E-state index is 12.9. The van der Waals surface area contributed by atoms with Gasteiger partial charge in [-0.25, -0.2) is 0 Å². The lowest BCUT2D eigenvalue weighted by atomic mass is 10.1. The van der Waals surface area contributed by atoms with Crippen LogP contribution in [0.15, 0.2) is 48.0 Å². The fourth-order valence-corrected chi connectivity index (χ4v) is 3.03. The van der Waals surface area contributed by atoms with E-state index in [1.165, 1.54) is 18.2 Å². The smallest absolute Gasteiger partial charge is 0.276 e. The molecule has 27 heavy (non-hydrogen) atoms. The molecule has 2 amide bonds. The van der Waals surface area contributed by atoms with Crippen LogP contribution in [0.5, 0.6) is 0 Å². The summed E-state index contributed by atoms with van der Waals surface area (Å²) in [5.41, 5.74) is -0.196. The fraction of sp³-hybridized carbons (Fsp3) is 0. The number of amides is 2. The van der Waals surface area contributed by atoms with Crippen molar-refractivity contribution >= 4 is 69.8 Å². The van der Waals surface area contributed by atoms with Crippen molar-refractivity contribution in [1.29, 1.82) is 0 Å². The number of nitro groups is 1. The minimum Gasteiger partial charge on any atom is -0.298 e. The number of anilines is 1. The third-order valence-corrected chi connectivity index (χ3v) is 4.44. The second-order valence-corrected chi connectivity index (χ2v) is 6.65. The Morgan fingerprint density at radius 2 is 1.70 bits per heavy atom. The molecule has 0 bridgehead atoms. The number of thiocarbonyl (C=S) groups is 1. The Morgan fingerprint density at radius 3 is 2.33 bits per heavy atom. The molecule has 2 aromatic rings. The summed E-state index contributed by atoms with van der Waals surface area (Å²) < 4.78 is 0. The summed E-state index contributed by atoms with van der Waals surface area (Å²) in [5.74, 6) is -1.48. The summed E-state index contributed by atoms with van der Waals surface area (Å²) in [6, 6.07) is 10.1. The molecule has 1 saturated heterocycles. The van der Waals surface area contributed by atoms with Gasteiger partial charge in [-0.3, -0.25) is 29.9 Å². The first-order valence-electron chi connectivity index (χ1n) is 7.39. The Balaban J connectivity index is 2.09. The predicted octanol–water partition coefficient (Wildman–Crippen LogP) is 3.73. The summed E-state index contributed by atoms with van der Waals surface area (Å²) in [7, 11) is 0. The maximum Gasteiger partial charge on any atom is 0.276 e. The third kappa shape index (κ3) is 3.82. The molecule has 0 radical (unpaired) electrons. The van der Waals surface area contributed by atoms with Crippen molar-refractivity contribution in [2.75, 3.05) is 4.90 Å². The van der Waals surface area contributed by atoms with Crippen LogP contribution in [0.1, 0.15) is 5.56 Å². The molecule has 1 fully saturated rings. The fourth-order valence-electron chi connectivity index (χ4n) is 2.44. The van der Waals surface area contributed by atoms with Gasteiger partial charge in [-0.05, 0) is 54.7 Å². The summed E-state index contributed by atoms with van der Waals surface area (Å²) in [6.45, 7) is 0. The van der Waals surface area contributed by atoms with Crippen LogP contribution in [0.25, 0.3) is 6.08 Å². The van der Waals surface area contributed by atoms with Gasteiger partial charge in [0.2, 0.25) is 0 Å². The van der Waals surface area contributed by atoms with Crippen molar-refractivity contribution in [1.82, 2.24) is 5.32 Å². The molecule has 0 aliphatic carbocycles. The zero-order valence-corrected chi connectivity index (χ0v) is 15.6. The van der Waals surface area contributed by atoms with E-state index in [0.717, 1.165) is 11.0 Å². The third-order valence-electron chi connectivity index (χ3n) is 3.67. The number of hydrogen-bond acceptors (Lipinski definition) is 5. The Morgan fingerprint density at radius 1 is 1.07 bits per heavy atom. The van der Waals surface area contributed by atoms with Crippen LogP contribution in [0.2, 0.25) is 10.0 Å². The number of nitro benzene ring substituents is 1. The first-order chi connectivity index (χ1) is 12.8. The van der Waals surface area contributed by atoms with Gasteiger partial charge in [0.15, 0.2) is 5.11 Å². The van der Waals surface area contributed by atoms with E-state index in [4.69, 9.17) is 35.4 Å². The number of nitrogens with zero attached hydrogens (tertiary/aromatic N) is 2. The number of halogens is 2. The monoisotopic (exact) mass is 421 g/mol. The van der Waals surface area contributed by atoms with Crippen molar-refractivity contribution in [2.45, 2.75) is 0 Å². The van der Waals surface area contributed by atoms with E-state index in [1.807, 2.05) is 0 Å². The van der Waals surface area contributed by atoms with Gasteiger partial charge in [0.1, 0.15) is 5.57 Å². The van der Waals surface area contributed by atoms with Gasteiger partial charge in [0, 0.05) is 16.1 Å². The average Bonchev–Trinajstić information content (AvgIpc) is 2.60. The highest BCUT2D eigenvalue weighted by atomic mass is 35.5. The zero-order chi connectivity index (χ0) is 19.7. The average molecular weight is 422 g/mol. The quantitative estimate of drug-likeness (QED) is 0.268. The minimum atomic E-state index is -0.760. The van der Waals surface area contributed by atoms with Gasteiger partial charge in [-0.2, -0.15) is 0 Å². The Hall–Kier alpha value is -2.81. The van der Waals surface area contributed by atoms with Crippen molar-refractivity contribution in [2.24, 2.45) is 0 Å². The van der Waals surface area contributed by atoms with E-state index < -0.39 is 16.7 Å². The van der Waals surface area contributed by atoms with Gasteiger partial charge in [0.05, 0.1) is 16.2 Å². The molecule has 0 aromatic heterocycles. The first kappa shape index (κ1) is 19.0. The molecule has 10 heteroatoms. The summed E-state index contributed by atoms with van der Waals surface area (Å²) in [6.07, 6.45) is 1.12. The largest absolute Gasteiger partial charge is 0.298 e. The van der Waals surface area contributed by atoms with Crippen LogP contribution in [0, 0.1) is 10.1 Å². The van der Waals surface area contributed by atoms with Gasteiger partial charge in [0.25, 0.3) is 17.5 Å². The molecule has 0 saturated carbocycles. The van der Waals surface area contributed by atoms with E-state index in [0.29, 0.717) is 10.7 Å². The lowest BCUT2D eigenvalue weighted by Gasteiger charge is -2.28. The molecular weight excluding hydrogens is 413 g/mol. The number of nitrogens with one attached hydrogen (secondary N) is 1. The Kier molecular flexibility index (Phi) is 5.22. The van der Waals surface area contributed by atoms with Gasteiger partial charge >= 0.3 is 0 Å². The summed E-state index contributed by atoms with van der Waals surface area (Å²) >= 11 is 16.8. The van der Waals surface area contributed by atoms with E-state index in [1.54, 1.807) is 24.3 Å².